The van der Waals surface area contributed by atoms with Crippen LogP contribution in [0, 0.1) is 17.2 Å². The van der Waals surface area contributed by atoms with Gasteiger partial charge in [0.05, 0.1) is 23.2 Å². The Labute approximate surface area is 122 Å². The molecule has 0 radical (unpaired) electrons. The Balaban J connectivity index is 2.34. The predicted octanol–water partition coefficient (Wildman–Crippen LogP) is 3.65. The summed E-state index contributed by atoms with van der Waals surface area (Å²) in [6.07, 6.45) is -0.920. The lowest BCUT2D eigenvalue weighted by Crippen LogP contribution is -2.41. The molecule has 114 valence electrons. The number of hydrogen-bond acceptors (Lipinski definition) is 3. The van der Waals surface area contributed by atoms with E-state index >= 15 is 0 Å². The quantitative estimate of drug-likeness (QED) is 0.694. The number of rotatable bonds is 1. The van der Waals surface area contributed by atoms with Gasteiger partial charge in [0.1, 0.15) is 0 Å². The van der Waals surface area contributed by atoms with Gasteiger partial charge in [-0.3, -0.25) is 0 Å². The Bertz CT molecular complexity index is 515. The second-order valence-electron chi connectivity index (χ2n) is 6.36. The van der Waals surface area contributed by atoms with E-state index in [1.807, 2.05) is 6.07 Å². The molecule has 1 aliphatic carbocycles. The summed E-state index contributed by atoms with van der Waals surface area (Å²) in [5.74, 6) is -2.78. The average molecular weight is 299 g/mol. The van der Waals surface area contributed by atoms with Crippen LogP contribution in [-0.2, 0) is 9.31 Å². The SMILES string of the molecule is CC1(C)OB(C2C=C(C#N)C=CC2C(F)(F)F)OC1(C)C. The molecule has 2 atom stereocenters. The highest BCUT2D eigenvalue weighted by atomic mass is 19.4. The van der Waals surface area contributed by atoms with Gasteiger partial charge in [0.15, 0.2) is 0 Å². The third-order valence-corrected chi connectivity index (χ3v) is 4.36. The fourth-order valence-corrected chi connectivity index (χ4v) is 2.40. The highest BCUT2D eigenvalue weighted by molar-refractivity contribution is 6.48. The molecule has 0 bridgehead atoms. The summed E-state index contributed by atoms with van der Waals surface area (Å²) in [6.45, 7) is 7.12. The molecule has 21 heavy (non-hydrogen) atoms. The molecular weight excluding hydrogens is 282 g/mol. The molecule has 1 fully saturated rings. The maximum Gasteiger partial charge on any atom is 0.466 e. The summed E-state index contributed by atoms with van der Waals surface area (Å²) < 4.78 is 51.0. The average Bonchev–Trinajstić information content (AvgIpc) is 2.56. The zero-order chi connectivity index (χ0) is 16.1. The van der Waals surface area contributed by atoms with Gasteiger partial charge in [0.25, 0.3) is 0 Å². The molecule has 0 saturated carbocycles. The third kappa shape index (κ3) is 2.88. The van der Waals surface area contributed by atoms with Crippen LogP contribution in [0.3, 0.4) is 0 Å². The van der Waals surface area contributed by atoms with Gasteiger partial charge in [-0.05, 0) is 33.8 Å². The molecule has 7 heteroatoms. The minimum atomic E-state index is -4.41. The molecule has 1 heterocycles. The van der Waals surface area contributed by atoms with Crippen LogP contribution in [0.2, 0.25) is 5.82 Å². The molecule has 3 nitrogen and oxygen atoms in total. The Kier molecular flexibility index (Phi) is 3.75. The molecule has 0 aromatic heterocycles. The van der Waals surface area contributed by atoms with Crippen molar-refractivity contribution in [1.82, 2.24) is 0 Å². The largest absolute Gasteiger partial charge is 0.466 e. The lowest BCUT2D eigenvalue weighted by Gasteiger charge is -2.32. The topological polar surface area (TPSA) is 42.2 Å². The van der Waals surface area contributed by atoms with E-state index in [-0.39, 0.29) is 5.57 Å². The molecule has 2 unspecified atom stereocenters. The van der Waals surface area contributed by atoms with Crippen molar-refractivity contribution in [3.8, 4) is 6.07 Å². The minimum absolute atomic E-state index is 0.190. The van der Waals surface area contributed by atoms with E-state index in [2.05, 4.69) is 0 Å². The maximum absolute atomic E-state index is 13.2. The van der Waals surface area contributed by atoms with E-state index in [0.717, 1.165) is 6.08 Å². The summed E-state index contributed by atoms with van der Waals surface area (Å²) in [7, 11) is -1.03. The predicted molar refractivity (Wildman–Crippen MR) is 72.2 cm³/mol. The highest BCUT2D eigenvalue weighted by Crippen LogP contribution is 2.47. The van der Waals surface area contributed by atoms with Gasteiger partial charge < -0.3 is 9.31 Å². The summed E-state index contributed by atoms with van der Waals surface area (Å²) in [5, 5.41) is 8.91. The second-order valence-corrected chi connectivity index (χ2v) is 6.36. The van der Waals surface area contributed by atoms with Crippen LogP contribution in [0.25, 0.3) is 0 Å². The van der Waals surface area contributed by atoms with Crippen LogP contribution in [0.4, 0.5) is 13.2 Å². The second kappa shape index (κ2) is 4.89. The van der Waals surface area contributed by atoms with Crippen molar-refractivity contribution >= 4 is 7.12 Å². The van der Waals surface area contributed by atoms with Gasteiger partial charge in [-0.25, -0.2) is 0 Å². The maximum atomic E-state index is 13.2. The van der Waals surface area contributed by atoms with E-state index in [1.54, 1.807) is 27.7 Å². The van der Waals surface area contributed by atoms with Crippen LogP contribution >= 0.6 is 0 Å². The van der Waals surface area contributed by atoms with E-state index in [1.165, 1.54) is 12.2 Å². The number of alkyl halides is 3. The normalized spacial score (nSPS) is 31.0. The van der Waals surface area contributed by atoms with Crippen LogP contribution < -0.4 is 0 Å². The molecule has 0 aromatic rings. The van der Waals surface area contributed by atoms with E-state index < -0.39 is 36.2 Å². The van der Waals surface area contributed by atoms with Crippen molar-refractivity contribution in [3.63, 3.8) is 0 Å². The lowest BCUT2D eigenvalue weighted by molar-refractivity contribution is -0.161. The monoisotopic (exact) mass is 299 g/mol. The fourth-order valence-electron chi connectivity index (χ4n) is 2.40. The molecular formula is C14H17BF3NO2. The number of nitrogens with zero attached hydrogens (tertiary/aromatic N) is 1. The van der Waals surface area contributed by atoms with Gasteiger partial charge in [-0.1, -0.05) is 12.2 Å². The summed E-state index contributed by atoms with van der Waals surface area (Å²) in [4.78, 5) is 0. The molecule has 1 aliphatic heterocycles. The Morgan fingerprint density at radius 2 is 1.71 bits per heavy atom. The first-order chi connectivity index (χ1) is 9.48. The lowest BCUT2D eigenvalue weighted by atomic mass is 9.62. The first kappa shape index (κ1) is 16.1. The first-order valence-electron chi connectivity index (χ1n) is 6.70. The van der Waals surface area contributed by atoms with E-state index in [4.69, 9.17) is 14.6 Å². The molecule has 2 aliphatic rings. The number of allylic oxidation sites excluding steroid dienone is 4. The van der Waals surface area contributed by atoms with Crippen LogP contribution in [0.5, 0.6) is 0 Å². The highest BCUT2D eigenvalue weighted by Gasteiger charge is 2.58. The Morgan fingerprint density at radius 1 is 1.19 bits per heavy atom. The van der Waals surface area contributed by atoms with Gasteiger partial charge in [-0.15, -0.1) is 0 Å². The van der Waals surface area contributed by atoms with Crippen molar-refractivity contribution in [3.05, 3.63) is 23.8 Å². The zero-order valence-electron chi connectivity index (χ0n) is 12.4. The van der Waals surface area contributed by atoms with Crippen molar-refractivity contribution < 1.29 is 22.5 Å². The Morgan fingerprint density at radius 3 is 2.14 bits per heavy atom. The molecule has 2 rings (SSSR count). The van der Waals surface area contributed by atoms with Crippen molar-refractivity contribution in [1.29, 1.82) is 5.26 Å². The zero-order valence-corrected chi connectivity index (χ0v) is 12.4. The molecule has 0 aromatic carbocycles. The Hall–Kier alpha value is -1.26. The summed E-state index contributed by atoms with van der Waals surface area (Å²) >= 11 is 0. The van der Waals surface area contributed by atoms with Gasteiger partial charge in [0.2, 0.25) is 0 Å². The first-order valence-corrected chi connectivity index (χ1v) is 6.70. The number of nitriles is 1. The van der Waals surface area contributed by atoms with E-state index in [9.17, 15) is 13.2 Å². The van der Waals surface area contributed by atoms with Crippen LogP contribution in [0.1, 0.15) is 27.7 Å². The molecule has 0 amide bonds. The van der Waals surface area contributed by atoms with Crippen molar-refractivity contribution in [2.75, 3.05) is 0 Å². The number of halogens is 3. The van der Waals surface area contributed by atoms with Crippen molar-refractivity contribution in [2.45, 2.75) is 50.9 Å². The van der Waals surface area contributed by atoms with Gasteiger partial charge in [0, 0.05) is 11.4 Å². The molecule has 0 N–H and O–H groups in total. The third-order valence-electron chi connectivity index (χ3n) is 4.36. The van der Waals surface area contributed by atoms with Gasteiger partial charge in [-0.2, -0.15) is 18.4 Å². The smallest absolute Gasteiger partial charge is 0.403 e. The standard InChI is InChI=1S/C14H17BF3NO2/c1-12(2)13(3,4)21-15(20-12)11-7-9(8-19)5-6-10(11)14(16,17)18/h5-7,10-11H,1-4H3. The van der Waals surface area contributed by atoms with Crippen LogP contribution in [-0.4, -0.2) is 24.5 Å². The number of hydrogen-bond donors (Lipinski definition) is 0. The fraction of sp³-hybridized carbons (Fsp3) is 0.643. The summed E-state index contributed by atoms with van der Waals surface area (Å²) in [6, 6.07) is 1.87. The molecule has 1 saturated heterocycles. The molecule has 0 spiro atoms. The minimum Gasteiger partial charge on any atom is -0.403 e. The van der Waals surface area contributed by atoms with E-state index in [0.29, 0.717) is 0 Å². The van der Waals surface area contributed by atoms with Crippen LogP contribution in [0.15, 0.2) is 23.8 Å². The van der Waals surface area contributed by atoms with Crippen molar-refractivity contribution in [2.24, 2.45) is 5.92 Å². The summed E-state index contributed by atoms with van der Waals surface area (Å²) in [5.41, 5.74) is -1.24. The van der Waals surface area contributed by atoms with Gasteiger partial charge >= 0.3 is 13.3 Å².